The molecule has 2 N–H and O–H groups in total. The number of rotatable bonds is 2. The second kappa shape index (κ2) is 4.49. The van der Waals surface area contributed by atoms with Crippen molar-refractivity contribution in [3.63, 3.8) is 0 Å². The summed E-state index contributed by atoms with van der Waals surface area (Å²) in [4.78, 5) is 11.9. The van der Waals surface area contributed by atoms with Gasteiger partial charge in [-0.2, -0.15) is 0 Å². The molecule has 1 atom stereocenters. The smallest absolute Gasteiger partial charge is 0.330 e. The molecule has 5 heteroatoms. The number of carbonyl (C=O) groups excluding carboxylic acids is 1. The summed E-state index contributed by atoms with van der Waals surface area (Å²) in [6, 6.07) is 3.34. The summed E-state index contributed by atoms with van der Waals surface area (Å²) in [5.74, 6) is 0.0918. The lowest BCUT2D eigenvalue weighted by atomic mass is 9.83. The minimum absolute atomic E-state index is 0.0883. The predicted octanol–water partition coefficient (Wildman–Crippen LogP) is 0.935. The number of ether oxygens (including phenoxy) is 2. The number of hydrogen-bond donors (Lipinski definition) is 2. The van der Waals surface area contributed by atoms with Crippen LogP contribution in [0.25, 0.3) is 0 Å². The highest BCUT2D eigenvalue weighted by Crippen LogP contribution is 2.37. The largest absolute Gasteiger partial charge is 0.504 e. The number of benzene rings is 1. The lowest BCUT2D eigenvalue weighted by Gasteiger charge is -2.34. The Kier molecular flexibility index (Phi) is 3.17. The maximum Gasteiger partial charge on any atom is 0.330 e. The summed E-state index contributed by atoms with van der Waals surface area (Å²) < 4.78 is 9.94. The van der Waals surface area contributed by atoms with Crippen LogP contribution in [0.4, 0.5) is 0 Å². The van der Waals surface area contributed by atoms with Gasteiger partial charge in [0.1, 0.15) is 5.54 Å². The molecule has 0 aliphatic carbocycles. The van der Waals surface area contributed by atoms with Gasteiger partial charge in [-0.25, -0.2) is 4.79 Å². The molecule has 1 aliphatic rings. The van der Waals surface area contributed by atoms with Crippen molar-refractivity contribution in [1.29, 1.82) is 0 Å². The van der Waals surface area contributed by atoms with Crippen LogP contribution < -0.4 is 10.1 Å². The molecular weight excluding hydrogens is 234 g/mol. The van der Waals surface area contributed by atoms with Crippen molar-refractivity contribution in [3.05, 3.63) is 23.3 Å². The van der Waals surface area contributed by atoms with E-state index in [-0.39, 0.29) is 11.7 Å². The number of hydrogen-bond acceptors (Lipinski definition) is 5. The van der Waals surface area contributed by atoms with Crippen LogP contribution >= 0.6 is 0 Å². The van der Waals surface area contributed by atoms with Crippen LogP contribution in [-0.2, 0) is 21.5 Å². The molecule has 2 rings (SSSR count). The summed E-state index contributed by atoms with van der Waals surface area (Å²) in [7, 11) is 2.84. The zero-order valence-corrected chi connectivity index (χ0v) is 10.7. The summed E-state index contributed by atoms with van der Waals surface area (Å²) in [5.41, 5.74) is 0.818. The number of esters is 1. The number of carbonyl (C=O) groups is 1. The second-order valence-electron chi connectivity index (χ2n) is 4.47. The molecule has 1 aliphatic heterocycles. The van der Waals surface area contributed by atoms with Gasteiger partial charge in [0.15, 0.2) is 11.5 Å². The first-order valence-corrected chi connectivity index (χ1v) is 5.76. The Labute approximate surface area is 106 Å². The first-order valence-electron chi connectivity index (χ1n) is 5.76. The topological polar surface area (TPSA) is 67.8 Å². The fourth-order valence-electron chi connectivity index (χ4n) is 2.38. The fourth-order valence-corrected chi connectivity index (χ4v) is 2.38. The van der Waals surface area contributed by atoms with Gasteiger partial charge >= 0.3 is 5.97 Å². The van der Waals surface area contributed by atoms with Gasteiger partial charge in [0, 0.05) is 6.54 Å². The van der Waals surface area contributed by atoms with Gasteiger partial charge in [-0.05, 0) is 36.6 Å². The van der Waals surface area contributed by atoms with E-state index in [1.807, 2.05) is 0 Å². The zero-order valence-electron chi connectivity index (χ0n) is 10.7. The SMILES string of the molecule is COC(=O)C1(C)NCCc2cc(O)c(OC)cc21. The lowest BCUT2D eigenvalue weighted by Crippen LogP contribution is -2.51. The molecule has 1 aromatic carbocycles. The highest BCUT2D eigenvalue weighted by molar-refractivity contribution is 5.83. The molecule has 1 unspecified atom stereocenters. The van der Waals surface area contributed by atoms with E-state index in [0.29, 0.717) is 12.3 Å². The molecule has 1 aromatic rings. The molecule has 0 spiro atoms. The lowest BCUT2D eigenvalue weighted by molar-refractivity contribution is -0.148. The van der Waals surface area contributed by atoms with Crippen molar-refractivity contribution in [1.82, 2.24) is 5.32 Å². The molecule has 98 valence electrons. The van der Waals surface area contributed by atoms with Gasteiger partial charge in [-0.3, -0.25) is 5.32 Å². The fraction of sp³-hybridized carbons (Fsp3) is 0.462. The van der Waals surface area contributed by atoms with Crippen molar-refractivity contribution in [3.8, 4) is 11.5 Å². The summed E-state index contributed by atoms with van der Waals surface area (Å²) >= 11 is 0. The Morgan fingerprint density at radius 3 is 2.78 bits per heavy atom. The third kappa shape index (κ3) is 1.80. The standard InChI is InChI=1S/C13H17NO4/c1-13(12(16)18-3)9-7-11(17-2)10(15)6-8(9)4-5-14-13/h6-7,14-15H,4-5H2,1-3H3. The highest BCUT2D eigenvalue weighted by Gasteiger charge is 2.40. The van der Waals surface area contributed by atoms with Gasteiger partial charge < -0.3 is 14.6 Å². The van der Waals surface area contributed by atoms with E-state index in [2.05, 4.69) is 5.32 Å². The molecule has 1 heterocycles. The molecule has 18 heavy (non-hydrogen) atoms. The van der Waals surface area contributed by atoms with Gasteiger partial charge in [0.05, 0.1) is 14.2 Å². The normalized spacial score (nSPS) is 22.2. The quantitative estimate of drug-likeness (QED) is 0.765. The Morgan fingerprint density at radius 2 is 2.17 bits per heavy atom. The van der Waals surface area contributed by atoms with E-state index in [9.17, 15) is 9.90 Å². The summed E-state index contributed by atoms with van der Waals surface area (Å²) in [5, 5.41) is 12.9. The van der Waals surface area contributed by atoms with Gasteiger partial charge in [0.25, 0.3) is 0 Å². The minimum atomic E-state index is -0.899. The van der Waals surface area contributed by atoms with Crippen LogP contribution in [0.3, 0.4) is 0 Å². The third-order valence-corrected chi connectivity index (χ3v) is 3.41. The van der Waals surface area contributed by atoms with Crippen LogP contribution in [-0.4, -0.2) is 31.8 Å². The monoisotopic (exact) mass is 251 g/mol. The molecule has 0 aromatic heterocycles. The van der Waals surface area contributed by atoms with Crippen LogP contribution in [0.5, 0.6) is 11.5 Å². The van der Waals surface area contributed by atoms with Crippen molar-refractivity contribution >= 4 is 5.97 Å². The Morgan fingerprint density at radius 1 is 1.44 bits per heavy atom. The van der Waals surface area contributed by atoms with Crippen LogP contribution in [0.1, 0.15) is 18.1 Å². The average molecular weight is 251 g/mol. The van der Waals surface area contributed by atoms with Crippen molar-refractivity contribution < 1.29 is 19.4 Å². The van der Waals surface area contributed by atoms with Crippen LogP contribution in [0, 0.1) is 0 Å². The molecule has 5 nitrogen and oxygen atoms in total. The minimum Gasteiger partial charge on any atom is -0.504 e. The van der Waals surface area contributed by atoms with E-state index in [4.69, 9.17) is 9.47 Å². The van der Waals surface area contributed by atoms with E-state index in [1.54, 1.807) is 19.1 Å². The third-order valence-electron chi connectivity index (χ3n) is 3.41. The zero-order chi connectivity index (χ0) is 13.3. The van der Waals surface area contributed by atoms with Crippen molar-refractivity contribution in [2.24, 2.45) is 0 Å². The average Bonchev–Trinajstić information content (AvgIpc) is 2.37. The molecule has 0 saturated carbocycles. The summed E-state index contributed by atoms with van der Waals surface area (Å²) in [6.45, 7) is 2.43. The molecular formula is C13H17NO4. The first-order chi connectivity index (χ1) is 8.52. The van der Waals surface area contributed by atoms with E-state index in [1.165, 1.54) is 14.2 Å². The Balaban J connectivity index is 2.58. The first kappa shape index (κ1) is 12.7. The Bertz CT molecular complexity index is 486. The molecule has 0 bridgehead atoms. The van der Waals surface area contributed by atoms with Crippen LogP contribution in [0.2, 0.25) is 0 Å². The van der Waals surface area contributed by atoms with E-state index < -0.39 is 5.54 Å². The summed E-state index contributed by atoms with van der Waals surface area (Å²) in [6.07, 6.45) is 0.749. The van der Waals surface area contributed by atoms with E-state index in [0.717, 1.165) is 17.5 Å². The van der Waals surface area contributed by atoms with Gasteiger partial charge in [-0.15, -0.1) is 0 Å². The number of nitrogens with one attached hydrogen (secondary N) is 1. The van der Waals surface area contributed by atoms with Crippen molar-refractivity contribution in [2.75, 3.05) is 20.8 Å². The Hall–Kier alpha value is -1.75. The van der Waals surface area contributed by atoms with Gasteiger partial charge in [-0.1, -0.05) is 0 Å². The number of aromatic hydroxyl groups is 1. The molecule has 0 amide bonds. The number of phenolic OH excluding ortho intramolecular Hbond substituents is 1. The number of methoxy groups -OCH3 is 2. The second-order valence-corrected chi connectivity index (χ2v) is 4.47. The maximum atomic E-state index is 11.9. The molecule has 0 fully saturated rings. The maximum absolute atomic E-state index is 11.9. The molecule has 0 saturated heterocycles. The highest BCUT2D eigenvalue weighted by atomic mass is 16.5. The van der Waals surface area contributed by atoms with Crippen molar-refractivity contribution in [2.45, 2.75) is 18.9 Å². The number of fused-ring (bicyclic) bond motifs is 1. The predicted molar refractivity (Wildman–Crippen MR) is 65.7 cm³/mol. The van der Waals surface area contributed by atoms with E-state index >= 15 is 0 Å². The number of phenols is 1. The van der Waals surface area contributed by atoms with Crippen LogP contribution in [0.15, 0.2) is 12.1 Å². The van der Waals surface area contributed by atoms with Gasteiger partial charge in [0.2, 0.25) is 0 Å². The molecule has 0 radical (unpaired) electrons.